The van der Waals surface area contributed by atoms with Gasteiger partial charge < -0.3 is 34.9 Å². The maximum atomic E-state index is 12.9. The van der Waals surface area contributed by atoms with E-state index >= 15 is 0 Å². The Bertz CT molecular complexity index is 1070. The molecule has 4 N–H and O–H groups in total. The highest BCUT2D eigenvalue weighted by atomic mass is 16.5. The lowest BCUT2D eigenvalue weighted by molar-refractivity contribution is -0.112. The van der Waals surface area contributed by atoms with Crippen molar-refractivity contribution in [3.63, 3.8) is 0 Å². The van der Waals surface area contributed by atoms with Crippen molar-refractivity contribution in [2.24, 2.45) is 11.6 Å². The molecule has 9 heteroatoms. The minimum absolute atomic E-state index is 0.000239. The fourth-order valence-corrected chi connectivity index (χ4v) is 4.33. The molecule has 0 saturated carbocycles. The third-order valence-electron chi connectivity index (χ3n) is 6.11. The molecule has 1 aliphatic rings. The van der Waals surface area contributed by atoms with Crippen molar-refractivity contribution in [1.29, 1.82) is 0 Å². The smallest absolute Gasteiger partial charge is 0.255 e. The summed E-state index contributed by atoms with van der Waals surface area (Å²) in [4.78, 5) is 38.7. The van der Waals surface area contributed by atoms with Gasteiger partial charge >= 0.3 is 0 Å². The molecule has 0 aromatic heterocycles. The zero-order valence-electron chi connectivity index (χ0n) is 20.9. The summed E-state index contributed by atoms with van der Waals surface area (Å²) in [5, 5.41) is 1.62. The van der Waals surface area contributed by atoms with Gasteiger partial charge in [-0.1, -0.05) is 36.4 Å². The number of benzene rings is 2. The predicted octanol–water partition coefficient (Wildman–Crippen LogP) is 1.72. The Morgan fingerprint density at radius 1 is 1.14 bits per heavy atom. The second-order valence-corrected chi connectivity index (χ2v) is 9.21. The van der Waals surface area contributed by atoms with Gasteiger partial charge in [-0.15, -0.1) is 0 Å². The molecule has 0 bridgehead atoms. The van der Waals surface area contributed by atoms with Gasteiger partial charge in [-0.3, -0.25) is 4.79 Å². The zero-order valence-corrected chi connectivity index (χ0v) is 20.9. The van der Waals surface area contributed by atoms with Crippen molar-refractivity contribution in [3.8, 4) is 5.75 Å². The molecule has 192 valence electrons. The van der Waals surface area contributed by atoms with Crippen LogP contribution in [0.4, 0.5) is 0 Å². The van der Waals surface area contributed by atoms with Gasteiger partial charge in [0.1, 0.15) is 24.9 Å². The molecule has 1 heterocycles. The van der Waals surface area contributed by atoms with Crippen LogP contribution in [-0.2, 0) is 22.6 Å². The summed E-state index contributed by atoms with van der Waals surface area (Å²) in [5.41, 5.74) is 9.06. The number of likely N-dealkylation sites (N-methyl/N-ethyl adjacent to an activating group) is 1. The quantitative estimate of drug-likeness (QED) is 0.232. The number of rotatable bonds is 14. The number of nitrogens with two attached hydrogens (primary N) is 2. The molecule has 0 radical (unpaired) electrons. The molecule has 0 fully saturated rings. The van der Waals surface area contributed by atoms with E-state index in [9.17, 15) is 14.4 Å². The molecule has 1 unspecified atom stereocenters. The number of ether oxygens (including phenoxy) is 1. The maximum Gasteiger partial charge on any atom is 0.255 e. The number of amides is 1. The van der Waals surface area contributed by atoms with E-state index in [1.54, 1.807) is 29.4 Å². The highest BCUT2D eigenvalue weighted by Crippen LogP contribution is 2.32. The van der Waals surface area contributed by atoms with Crippen LogP contribution < -0.4 is 16.3 Å². The number of carbonyl (C=O) groups excluding carboxylic acids is 3. The highest BCUT2D eigenvalue weighted by molar-refractivity contribution is 6.00. The van der Waals surface area contributed by atoms with Gasteiger partial charge in [-0.05, 0) is 44.6 Å². The van der Waals surface area contributed by atoms with Gasteiger partial charge in [-0.25, -0.2) is 5.84 Å². The number of fused-ring (bicyclic) bond motifs is 1. The Morgan fingerprint density at radius 3 is 2.56 bits per heavy atom. The first kappa shape index (κ1) is 26.9. The average molecular weight is 494 g/mol. The Balaban J connectivity index is 1.68. The molecule has 36 heavy (non-hydrogen) atoms. The Labute approximate surface area is 212 Å². The first-order chi connectivity index (χ1) is 17.3. The van der Waals surface area contributed by atoms with Crippen LogP contribution in [0.5, 0.6) is 5.75 Å². The summed E-state index contributed by atoms with van der Waals surface area (Å²) in [5.74, 6) is 6.66. The molecule has 1 aliphatic heterocycles. The minimum Gasteiger partial charge on any atom is -0.487 e. The Hall–Kier alpha value is -3.69. The first-order valence-corrected chi connectivity index (χ1v) is 12.0. The topological polar surface area (TPSA) is 122 Å². The van der Waals surface area contributed by atoms with Gasteiger partial charge in [-0.2, -0.15) is 0 Å². The van der Waals surface area contributed by atoms with Gasteiger partial charge in [0.15, 0.2) is 0 Å². The van der Waals surface area contributed by atoms with Crippen molar-refractivity contribution < 1.29 is 19.1 Å². The normalized spacial score (nSPS) is 14.9. The third-order valence-corrected chi connectivity index (χ3v) is 6.11. The van der Waals surface area contributed by atoms with Crippen LogP contribution in [0, 0.1) is 0 Å². The van der Waals surface area contributed by atoms with E-state index in [2.05, 4.69) is 17.0 Å². The van der Waals surface area contributed by atoms with Gasteiger partial charge in [0.2, 0.25) is 0 Å². The SMILES string of the molecule is CN(C)C[C@@H](Cc1ccccc1)N(N)/C=C(\N)COc1cccc2c1CN(C(C=O)CCC=O)C2=O. The number of hydrogen-bond donors (Lipinski definition) is 2. The van der Waals surface area contributed by atoms with Gasteiger partial charge in [0.05, 0.1) is 24.3 Å². The fourth-order valence-electron chi connectivity index (χ4n) is 4.33. The van der Waals surface area contributed by atoms with Crippen LogP contribution in [0.3, 0.4) is 0 Å². The van der Waals surface area contributed by atoms with E-state index in [1.807, 2.05) is 32.3 Å². The van der Waals surface area contributed by atoms with Crippen molar-refractivity contribution in [2.75, 3.05) is 27.2 Å². The van der Waals surface area contributed by atoms with E-state index in [0.717, 1.165) is 19.3 Å². The standard InChI is InChI=1S/C27H35N5O4/c1-30(2)16-23(14-20-8-4-3-5-9-20)32(29)15-21(28)19-36-26-12-6-11-24-25(26)17-31(27(24)35)22(18-34)10-7-13-33/h3-6,8-9,11-13,15,18,22-23H,7,10,14,16-17,19,28-29H2,1-2H3/b21-15-/t22?,23-/m1/s1. The van der Waals surface area contributed by atoms with Crippen LogP contribution in [0.2, 0.25) is 0 Å². The van der Waals surface area contributed by atoms with Crippen LogP contribution in [0.15, 0.2) is 60.4 Å². The molecule has 9 nitrogen and oxygen atoms in total. The number of nitrogens with zero attached hydrogens (tertiary/aromatic N) is 3. The van der Waals surface area contributed by atoms with Crippen LogP contribution in [0.1, 0.15) is 34.3 Å². The summed E-state index contributed by atoms with van der Waals surface area (Å²) in [6.45, 7) is 1.06. The molecule has 2 atom stereocenters. The third kappa shape index (κ3) is 6.93. The first-order valence-electron chi connectivity index (χ1n) is 12.0. The lowest BCUT2D eigenvalue weighted by Crippen LogP contribution is -2.45. The molecular weight excluding hydrogens is 458 g/mol. The molecular formula is C27H35N5O4. The summed E-state index contributed by atoms with van der Waals surface area (Å²) < 4.78 is 5.97. The van der Waals surface area contributed by atoms with Gasteiger partial charge in [0.25, 0.3) is 5.91 Å². The van der Waals surface area contributed by atoms with E-state index < -0.39 is 6.04 Å². The number of carbonyl (C=O) groups is 3. The molecule has 2 aromatic rings. The Kier molecular flexibility index (Phi) is 9.61. The van der Waals surface area contributed by atoms with E-state index in [1.165, 1.54) is 10.5 Å². The van der Waals surface area contributed by atoms with Crippen molar-refractivity contribution in [1.82, 2.24) is 14.8 Å². The van der Waals surface area contributed by atoms with Crippen molar-refractivity contribution in [3.05, 3.63) is 77.1 Å². The van der Waals surface area contributed by atoms with Crippen LogP contribution >= 0.6 is 0 Å². The second-order valence-electron chi connectivity index (χ2n) is 9.21. The maximum absolute atomic E-state index is 12.9. The highest BCUT2D eigenvalue weighted by Gasteiger charge is 2.34. The molecule has 2 aromatic carbocycles. The number of aldehydes is 2. The molecule has 1 amide bonds. The molecule has 0 saturated heterocycles. The lowest BCUT2D eigenvalue weighted by Gasteiger charge is -2.29. The van der Waals surface area contributed by atoms with Crippen LogP contribution in [-0.4, -0.2) is 72.6 Å². The Morgan fingerprint density at radius 2 is 1.89 bits per heavy atom. The second kappa shape index (κ2) is 12.9. The monoisotopic (exact) mass is 493 g/mol. The predicted molar refractivity (Wildman–Crippen MR) is 138 cm³/mol. The van der Waals surface area contributed by atoms with Gasteiger partial charge in [0, 0.05) is 30.3 Å². The number of hydrogen-bond acceptors (Lipinski definition) is 8. The summed E-state index contributed by atoms with van der Waals surface area (Å²) in [6.07, 6.45) is 4.40. The largest absolute Gasteiger partial charge is 0.487 e. The molecule has 0 aliphatic carbocycles. The summed E-state index contributed by atoms with van der Waals surface area (Å²) >= 11 is 0. The zero-order chi connectivity index (χ0) is 26.1. The van der Waals surface area contributed by atoms with Crippen LogP contribution in [0.25, 0.3) is 0 Å². The van der Waals surface area contributed by atoms with E-state index in [-0.39, 0.29) is 31.5 Å². The van der Waals surface area contributed by atoms with E-state index in [4.69, 9.17) is 16.3 Å². The summed E-state index contributed by atoms with van der Waals surface area (Å²) in [7, 11) is 3.99. The minimum atomic E-state index is -0.656. The molecule has 3 rings (SSSR count). The number of hydrazine groups is 1. The van der Waals surface area contributed by atoms with E-state index in [0.29, 0.717) is 35.3 Å². The van der Waals surface area contributed by atoms with Crippen molar-refractivity contribution >= 4 is 18.5 Å². The van der Waals surface area contributed by atoms with Crippen molar-refractivity contribution in [2.45, 2.75) is 37.9 Å². The lowest BCUT2D eigenvalue weighted by atomic mass is 10.1. The average Bonchev–Trinajstić information content (AvgIpc) is 3.20. The molecule has 0 spiro atoms. The fraction of sp³-hybridized carbons (Fsp3) is 0.370. The summed E-state index contributed by atoms with van der Waals surface area (Å²) in [6, 6.07) is 14.7.